The van der Waals surface area contributed by atoms with E-state index in [9.17, 15) is 4.79 Å². The smallest absolute Gasteiger partial charge is 0.162 e. The van der Waals surface area contributed by atoms with E-state index in [1.807, 2.05) is 32.2 Å². The van der Waals surface area contributed by atoms with Gasteiger partial charge in [0.2, 0.25) is 0 Å². The van der Waals surface area contributed by atoms with Crippen LogP contribution in [0.1, 0.15) is 35.8 Å². The number of hydrogen-bond acceptors (Lipinski definition) is 1. The molecule has 2 aromatic rings. The fraction of sp³-hybridized carbons (Fsp3) is 0.357. The summed E-state index contributed by atoms with van der Waals surface area (Å²) in [7, 11) is 2.05. The fourth-order valence-corrected chi connectivity index (χ4v) is 2.03. The molecule has 84 valence electrons. The predicted molar refractivity (Wildman–Crippen MR) is 66.9 cm³/mol. The quantitative estimate of drug-likeness (QED) is 0.718. The fourth-order valence-electron chi connectivity index (χ4n) is 2.03. The Balaban J connectivity index is 2.48. The molecule has 0 aliphatic rings. The number of carbonyl (C=O) groups is 1. The van der Waals surface area contributed by atoms with Crippen molar-refractivity contribution >= 4 is 16.7 Å². The van der Waals surface area contributed by atoms with E-state index in [2.05, 4.69) is 17.6 Å². The van der Waals surface area contributed by atoms with Crippen LogP contribution in [0.15, 0.2) is 24.3 Å². The summed E-state index contributed by atoms with van der Waals surface area (Å²) in [5.41, 5.74) is 3.24. The lowest BCUT2D eigenvalue weighted by Crippen LogP contribution is -1.97. The van der Waals surface area contributed by atoms with Gasteiger partial charge in [0.1, 0.15) is 0 Å². The van der Waals surface area contributed by atoms with E-state index in [1.165, 1.54) is 11.2 Å². The van der Waals surface area contributed by atoms with Crippen molar-refractivity contribution in [1.29, 1.82) is 0 Å². The number of rotatable bonds is 3. The molecule has 0 saturated heterocycles. The Morgan fingerprint density at radius 2 is 2.06 bits per heavy atom. The van der Waals surface area contributed by atoms with Gasteiger partial charge in [0.15, 0.2) is 5.78 Å². The zero-order valence-electron chi connectivity index (χ0n) is 10.1. The molecule has 2 heteroatoms. The van der Waals surface area contributed by atoms with Crippen LogP contribution < -0.4 is 0 Å². The van der Waals surface area contributed by atoms with Crippen LogP contribution in [-0.2, 0) is 7.05 Å². The largest absolute Gasteiger partial charge is 0.348 e. The van der Waals surface area contributed by atoms with Gasteiger partial charge in [0.05, 0.1) is 0 Å². The first-order chi connectivity index (χ1) is 7.63. The van der Waals surface area contributed by atoms with E-state index in [0.29, 0.717) is 6.42 Å². The van der Waals surface area contributed by atoms with E-state index >= 15 is 0 Å². The molecule has 0 spiro atoms. The topological polar surface area (TPSA) is 22.0 Å². The minimum Gasteiger partial charge on any atom is -0.348 e. The summed E-state index contributed by atoms with van der Waals surface area (Å²) in [6.45, 7) is 4.11. The molecule has 0 fully saturated rings. The average molecular weight is 215 g/mol. The van der Waals surface area contributed by atoms with Crippen LogP contribution in [0.3, 0.4) is 0 Å². The second kappa shape index (κ2) is 4.12. The van der Waals surface area contributed by atoms with Crippen LogP contribution in [0.25, 0.3) is 10.9 Å². The van der Waals surface area contributed by atoms with Gasteiger partial charge in [-0.25, -0.2) is 0 Å². The van der Waals surface area contributed by atoms with Crippen molar-refractivity contribution in [2.75, 3.05) is 0 Å². The standard InChI is InChI=1S/C14H17NO/c1-4-5-14(16)11-6-7-13-12(9-11)8-10(2)15(13)3/h6-9H,4-5H2,1-3H3. The molecule has 0 unspecified atom stereocenters. The third-order valence-electron chi connectivity index (χ3n) is 3.08. The van der Waals surface area contributed by atoms with Gasteiger partial charge < -0.3 is 4.57 Å². The molecule has 0 atom stereocenters. The number of ketones is 1. The van der Waals surface area contributed by atoms with Gasteiger partial charge in [-0.15, -0.1) is 0 Å². The summed E-state index contributed by atoms with van der Waals surface area (Å²) < 4.78 is 2.14. The van der Waals surface area contributed by atoms with Gasteiger partial charge in [-0.05, 0) is 37.6 Å². The van der Waals surface area contributed by atoms with Crippen molar-refractivity contribution < 1.29 is 4.79 Å². The van der Waals surface area contributed by atoms with Gasteiger partial charge >= 0.3 is 0 Å². The van der Waals surface area contributed by atoms with E-state index < -0.39 is 0 Å². The lowest BCUT2D eigenvalue weighted by atomic mass is 10.1. The Morgan fingerprint density at radius 3 is 2.75 bits per heavy atom. The van der Waals surface area contributed by atoms with Crippen LogP contribution in [0.2, 0.25) is 0 Å². The summed E-state index contributed by atoms with van der Waals surface area (Å²) in [6.07, 6.45) is 1.54. The number of hydrogen-bond donors (Lipinski definition) is 0. The van der Waals surface area contributed by atoms with Crippen LogP contribution in [0, 0.1) is 6.92 Å². The second-order valence-corrected chi connectivity index (χ2v) is 4.29. The van der Waals surface area contributed by atoms with Gasteiger partial charge in [0.25, 0.3) is 0 Å². The first kappa shape index (κ1) is 10.9. The SMILES string of the molecule is CCCC(=O)c1ccc2c(c1)cc(C)n2C. The van der Waals surface area contributed by atoms with Gasteiger partial charge in [0, 0.05) is 35.6 Å². The third kappa shape index (κ3) is 1.75. The summed E-state index contributed by atoms with van der Waals surface area (Å²) in [5.74, 6) is 0.242. The van der Waals surface area contributed by atoms with Crippen LogP contribution >= 0.6 is 0 Å². The number of fused-ring (bicyclic) bond motifs is 1. The Hall–Kier alpha value is -1.57. The van der Waals surface area contributed by atoms with E-state index in [4.69, 9.17) is 0 Å². The zero-order valence-corrected chi connectivity index (χ0v) is 10.1. The Bertz CT molecular complexity index is 537. The highest BCUT2D eigenvalue weighted by Crippen LogP contribution is 2.20. The highest BCUT2D eigenvalue weighted by atomic mass is 16.1. The van der Waals surface area contributed by atoms with Gasteiger partial charge in [-0.2, -0.15) is 0 Å². The van der Waals surface area contributed by atoms with Crippen molar-refractivity contribution in [1.82, 2.24) is 4.57 Å². The van der Waals surface area contributed by atoms with Crippen molar-refractivity contribution in [3.63, 3.8) is 0 Å². The first-order valence-electron chi connectivity index (χ1n) is 5.72. The van der Waals surface area contributed by atoms with E-state index in [0.717, 1.165) is 17.4 Å². The maximum atomic E-state index is 11.8. The maximum absolute atomic E-state index is 11.8. The van der Waals surface area contributed by atoms with Gasteiger partial charge in [-0.1, -0.05) is 6.92 Å². The normalized spacial score (nSPS) is 10.9. The highest BCUT2D eigenvalue weighted by Gasteiger charge is 2.07. The molecule has 2 rings (SSSR count). The number of Topliss-reactive ketones (excluding diaryl/α,β-unsaturated/α-hetero) is 1. The zero-order chi connectivity index (χ0) is 11.7. The molecule has 0 bridgehead atoms. The molecule has 0 N–H and O–H groups in total. The predicted octanol–water partition coefficient (Wildman–Crippen LogP) is 3.47. The molecule has 0 amide bonds. The molecule has 0 aliphatic carbocycles. The molecule has 0 radical (unpaired) electrons. The number of aryl methyl sites for hydroxylation is 2. The summed E-state index contributed by atoms with van der Waals surface area (Å²) in [4.78, 5) is 11.8. The summed E-state index contributed by atoms with van der Waals surface area (Å²) in [5, 5.41) is 1.15. The second-order valence-electron chi connectivity index (χ2n) is 4.29. The molecule has 1 aromatic carbocycles. The van der Waals surface area contributed by atoms with E-state index in [1.54, 1.807) is 0 Å². The van der Waals surface area contributed by atoms with Crippen molar-refractivity contribution in [3.8, 4) is 0 Å². The molecule has 0 aliphatic heterocycles. The van der Waals surface area contributed by atoms with Crippen LogP contribution in [-0.4, -0.2) is 10.4 Å². The lowest BCUT2D eigenvalue weighted by Gasteiger charge is -2.01. The monoisotopic (exact) mass is 215 g/mol. The number of carbonyl (C=O) groups excluding carboxylic acids is 1. The van der Waals surface area contributed by atoms with Crippen molar-refractivity contribution in [2.24, 2.45) is 7.05 Å². The first-order valence-corrected chi connectivity index (χ1v) is 5.72. The molecule has 16 heavy (non-hydrogen) atoms. The molecule has 0 saturated carbocycles. The Morgan fingerprint density at radius 1 is 1.31 bits per heavy atom. The lowest BCUT2D eigenvalue weighted by molar-refractivity contribution is 0.0982. The molecule has 1 heterocycles. The minimum atomic E-state index is 0.242. The number of benzene rings is 1. The van der Waals surface area contributed by atoms with Crippen LogP contribution in [0.5, 0.6) is 0 Å². The maximum Gasteiger partial charge on any atom is 0.162 e. The number of nitrogens with zero attached hydrogens (tertiary/aromatic N) is 1. The molecular weight excluding hydrogens is 198 g/mol. The molecule has 2 nitrogen and oxygen atoms in total. The summed E-state index contributed by atoms with van der Waals surface area (Å²) in [6, 6.07) is 8.09. The molecule has 1 aromatic heterocycles. The third-order valence-corrected chi connectivity index (χ3v) is 3.08. The Labute approximate surface area is 95.9 Å². The van der Waals surface area contributed by atoms with Crippen molar-refractivity contribution in [3.05, 3.63) is 35.5 Å². The average Bonchev–Trinajstić information content (AvgIpc) is 2.55. The number of aromatic nitrogens is 1. The molecular formula is C14H17NO. The Kier molecular flexibility index (Phi) is 2.82. The summed E-state index contributed by atoms with van der Waals surface area (Å²) >= 11 is 0. The van der Waals surface area contributed by atoms with Crippen molar-refractivity contribution in [2.45, 2.75) is 26.7 Å². The van der Waals surface area contributed by atoms with E-state index in [-0.39, 0.29) is 5.78 Å². The van der Waals surface area contributed by atoms with Crippen LogP contribution in [0.4, 0.5) is 0 Å². The minimum absolute atomic E-state index is 0.242. The van der Waals surface area contributed by atoms with Gasteiger partial charge in [-0.3, -0.25) is 4.79 Å². The highest BCUT2D eigenvalue weighted by molar-refractivity contribution is 5.99.